The second-order valence-electron chi connectivity index (χ2n) is 5.71. The molecule has 0 aliphatic carbocycles. The second kappa shape index (κ2) is 9.96. The number of imidazole rings is 1. The number of carboxylic acid groups (broad SMARTS) is 1. The third-order valence-corrected chi connectivity index (χ3v) is 3.94. The maximum atomic E-state index is 8.36. The highest BCUT2D eigenvalue weighted by molar-refractivity contribution is 5.70. The van der Waals surface area contributed by atoms with Crippen LogP contribution in [0.15, 0.2) is 49.1 Å². The lowest BCUT2D eigenvalue weighted by Gasteiger charge is -2.15. The maximum Gasteiger partial charge on any atom is 0.290 e. The lowest BCUT2D eigenvalue weighted by atomic mass is 10.1. The fraction of sp³-hybridized carbons (Fsp3) is 0.250. The minimum atomic E-state index is -0.250. The van der Waals surface area contributed by atoms with Gasteiger partial charge in [-0.25, -0.2) is 4.98 Å². The Bertz CT molecular complexity index is 863. The van der Waals surface area contributed by atoms with Gasteiger partial charge >= 0.3 is 0 Å². The third-order valence-electron chi connectivity index (χ3n) is 3.94. The molecule has 3 aromatic rings. The molecule has 0 bridgehead atoms. The van der Waals surface area contributed by atoms with Gasteiger partial charge in [-0.1, -0.05) is 6.07 Å². The van der Waals surface area contributed by atoms with Crippen molar-refractivity contribution in [2.24, 2.45) is 0 Å². The van der Waals surface area contributed by atoms with Gasteiger partial charge in [0.15, 0.2) is 11.5 Å². The highest BCUT2D eigenvalue weighted by atomic mass is 16.5. The Morgan fingerprint density at radius 1 is 1.22 bits per heavy atom. The van der Waals surface area contributed by atoms with Crippen LogP contribution >= 0.6 is 0 Å². The van der Waals surface area contributed by atoms with Gasteiger partial charge in [-0.2, -0.15) is 0 Å². The van der Waals surface area contributed by atoms with Crippen LogP contribution in [0, 0.1) is 6.92 Å². The van der Waals surface area contributed by atoms with E-state index in [1.165, 1.54) is 5.56 Å². The van der Waals surface area contributed by atoms with E-state index in [1.807, 2.05) is 37.6 Å². The molecule has 0 radical (unpaired) electrons. The molecule has 142 valence electrons. The van der Waals surface area contributed by atoms with Gasteiger partial charge in [-0.15, -0.1) is 0 Å². The van der Waals surface area contributed by atoms with E-state index in [4.69, 9.17) is 19.4 Å². The molecule has 0 atom stereocenters. The molecule has 0 spiro atoms. The Labute approximate surface area is 158 Å². The Hall–Kier alpha value is -3.35. The van der Waals surface area contributed by atoms with Gasteiger partial charge in [0.2, 0.25) is 0 Å². The molecule has 0 saturated carbocycles. The molecule has 1 aromatic carbocycles. The molecule has 2 heterocycles. The fourth-order valence-electron chi connectivity index (χ4n) is 2.80. The Balaban J connectivity index is 0.000000817. The van der Waals surface area contributed by atoms with E-state index in [2.05, 4.69) is 26.7 Å². The van der Waals surface area contributed by atoms with E-state index in [9.17, 15) is 0 Å². The molecule has 3 rings (SSSR count). The summed E-state index contributed by atoms with van der Waals surface area (Å²) in [6, 6.07) is 8.08. The van der Waals surface area contributed by atoms with Crippen molar-refractivity contribution in [2.45, 2.75) is 19.9 Å². The first-order valence-electron chi connectivity index (χ1n) is 8.35. The Morgan fingerprint density at radius 3 is 2.63 bits per heavy atom. The first kappa shape index (κ1) is 20.0. The van der Waals surface area contributed by atoms with E-state index in [0.717, 1.165) is 29.9 Å². The molecule has 0 aliphatic heterocycles. The number of carbonyl (C=O) groups is 1. The predicted molar refractivity (Wildman–Crippen MR) is 102 cm³/mol. The lowest BCUT2D eigenvalue weighted by Crippen LogP contribution is -2.04. The summed E-state index contributed by atoms with van der Waals surface area (Å²) in [4.78, 5) is 17.1. The maximum absolute atomic E-state index is 8.36. The molecule has 0 fully saturated rings. The molecule has 0 unspecified atom stereocenters. The summed E-state index contributed by atoms with van der Waals surface area (Å²) in [7, 11) is 3.30. The number of hydrogen-bond acceptors (Lipinski definition) is 5. The largest absolute Gasteiger partial charge is 0.493 e. The van der Waals surface area contributed by atoms with Crippen molar-refractivity contribution in [3.05, 3.63) is 60.2 Å². The molecule has 7 nitrogen and oxygen atoms in total. The van der Waals surface area contributed by atoms with Crippen LogP contribution in [0.3, 0.4) is 0 Å². The summed E-state index contributed by atoms with van der Waals surface area (Å²) in [5, 5.41) is 6.89. The van der Waals surface area contributed by atoms with Gasteiger partial charge in [0.1, 0.15) is 5.82 Å². The van der Waals surface area contributed by atoms with Crippen molar-refractivity contribution in [3.8, 4) is 22.9 Å². The monoisotopic (exact) mass is 369 g/mol. The summed E-state index contributed by atoms with van der Waals surface area (Å²) < 4.78 is 13.2. The molecular weight excluding hydrogens is 346 g/mol. The number of benzene rings is 1. The molecule has 0 saturated heterocycles. The van der Waals surface area contributed by atoms with Gasteiger partial charge in [0, 0.05) is 31.3 Å². The van der Waals surface area contributed by atoms with E-state index in [1.54, 1.807) is 20.4 Å². The summed E-state index contributed by atoms with van der Waals surface area (Å²) in [6.45, 7) is 2.61. The summed E-state index contributed by atoms with van der Waals surface area (Å²) in [5.74, 6) is 2.30. The molecule has 1 N–H and O–H groups in total. The van der Waals surface area contributed by atoms with Crippen LogP contribution < -0.4 is 9.47 Å². The van der Waals surface area contributed by atoms with Gasteiger partial charge in [0.05, 0.1) is 19.8 Å². The first-order chi connectivity index (χ1) is 13.1. The zero-order valence-electron chi connectivity index (χ0n) is 15.6. The van der Waals surface area contributed by atoms with Gasteiger partial charge in [-0.05, 0) is 42.7 Å². The van der Waals surface area contributed by atoms with Crippen molar-refractivity contribution in [1.29, 1.82) is 0 Å². The quantitative estimate of drug-likeness (QED) is 0.672. The van der Waals surface area contributed by atoms with Crippen LogP contribution in [0.4, 0.5) is 0 Å². The topological polar surface area (TPSA) is 86.5 Å². The van der Waals surface area contributed by atoms with Crippen molar-refractivity contribution < 1.29 is 19.4 Å². The molecule has 2 aromatic heterocycles. The number of ether oxygens (including phenoxy) is 2. The average molecular weight is 369 g/mol. The number of hydrogen-bond donors (Lipinski definition) is 1. The van der Waals surface area contributed by atoms with Gasteiger partial charge in [0.25, 0.3) is 6.47 Å². The standard InChI is InChI=1S/C19H21N3O2.CH2O2/c1-14-11-16(18(24-3)17(12-14)23-2)19-21-8-10-22(19)9-6-15-5-4-7-20-13-15;2-1-3/h4-5,7-8,10-13H,6,9H2,1-3H3;1H,(H,2,3). The summed E-state index contributed by atoms with van der Waals surface area (Å²) in [6.07, 6.45) is 8.37. The Kier molecular flexibility index (Phi) is 7.37. The lowest BCUT2D eigenvalue weighted by molar-refractivity contribution is -0.122. The zero-order chi connectivity index (χ0) is 19.6. The molecule has 0 amide bonds. The molecule has 27 heavy (non-hydrogen) atoms. The molecule has 7 heteroatoms. The number of nitrogens with zero attached hydrogens (tertiary/aromatic N) is 3. The van der Waals surface area contributed by atoms with Crippen molar-refractivity contribution in [3.63, 3.8) is 0 Å². The average Bonchev–Trinajstić information content (AvgIpc) is 3.15. The molecular formula is C20H23N3O4. The number of rotatable bonds is 6. The zero-order valence-corrected chi connectivity index (χ0v) is 15.6. The summed E-state index contributed by atoms with van der Waals surface area (Å²) in [5.41, 5.74) is 3.24. The van der Waals surface area contributed by atoms with Gasteiger partial charge in [-0.3, -0.25) is 9.78 Å². The normalized spacial score (nSPS) is 9.89. The highest BCUT2D eigenvalue weighted by Gasteiger charge is 2.17. The Morgan fingerprint density at radius 2 is 2.00 bits per heavy atom. The van der Waals surface area contributed by atoms with Crippen LogP contribution in [-0.4, -0.2) is 40.3 Å². The van der Waals surface area contributed by atoms with E-state index >= 15 is 0 Å². The summed E-state index contributed by atoms with van der Waals surface area (Å²) >= 11 is 0. The minimum absolute atomic E-state index is 0.250. The minimum Gasteiger partial charge on any atom is -0.493 e. The predicted octanol–water partition coefficient (Wildman–Crippen LogP) is 3.21. The smallest absolute Gasteiger partial charge is 0.290 e. The van der Waals surface area contributed by atoms with Crippen LogP contribution in [0.2, 0.25) is 0 Å². The third kappa shape index (κ3) is 5.07. The molecule has 0 aliphatic rings. The first-order valence-corrected chi connectivity index (χ1v) is 8.35. The van der Waals surface area contributed by atoms with E-state index in [0.29, 0.717) is 11.5 Å². The van der Waals surface area contributed by atoms with Crippen LogP contribution in [0.25, 0.3) is 11.4 Å². The van der Waals surface area contributed by atoms with Crippen LogP contribution in [-0.2, 0) is 17.8 Å². The van der Waals surface area contributed by atoms with Crippen molar-refractivity contribution in [1.82, 2.24) is 14.5 Å². The van der Waals surface area contributed by atoms with Crippen molar-refractivity contribution in [2.75, 3.05) is 14.2 Å². The van der Waals surface area contributed by atoms with E-state index in [-0.39, 0.29) is 6.47 Å². The number of pyridine rings is 1. The van der Waals surface area contributed by atoms with Crippen molar-refractivity contribution >= 4 is 6.47 Å². The number of aryl methyl sites for hydroxylation is 3. The number of aromatic nitrogens is 3. The van der Waals surface area contributed by atoms with E-state index < -0.39 is 0 Å². The second-order valence-corrected chi connectivity index (χ2v) is 5.71. The van der Waals surface area contributed by atoms with Crippen LogP contribution in [0.1, 0.15) is 11.1 Å². The highest BCUT2D eigenvalue weighted by Crippen LogP contribution is 2.38. The van der Waals surface area contributed by atoms with Crippen LogP contribution in [0.5, 0.6) is 11.5 Å². The fourth-order valence-corrected chi connectivity index (χ4v) is 2.80. The number of methoxy groups -OCH3 is 2. The SMILES string of the molecule is COc1cc(C)cc(-c2nccn2CCc2cccnc2)c1OC.O=CO. The van der Waals surface area contributed by atoms with Gasteiger partial charge < -0.3 is 19.1 Å².